The van der Waals surface area contributed by atoms with E-state index in [0.29, 0.717) is 6.04 Å². The Kier molecular flexibility index (Phi) is 3.97. The molecule has 2 atom stereocenters. The molecule has 2 heteroatoms. The second-order valence-electron chi connectivity index (χ2n) is 4.44. The lowest BCUT2D eigenvalue weighted by molar-refractivity contribution is 0.0297. The monoisotopic (exact) mass is 219 g/mol. The van der Waals surface area contributed by atoms with Crippen molar-refractivity contribution in [3.63, 3.8) is 0 Å². The maximum Gasteiger partial charge on any atom is 0.0842 e. The van der Waals surface area contributed by atoms with Crippen molar-refractivity contribution in [1.29, 1.82) is 0 Å². The van der Waals surface area contributed by atoms with Crippen LogP contribution >= 0.6 is 0 Å². The number of hydrogen-bond acceptors (Lipinski definition) is 2. The number of ether oxygens (including phenoxy) is 1. The van der Waals surface area contributed by atoms with Gasteiger partial charge in [0.15, 0.2) is 0 Å². The van der Waals surface area contributed by atoms with Gasteiger partial charge in [0.1, 0.15) is 0 Å². The van der Waals surface area contributed by atoms with Crippen LogP contribution < -0.4 is 5.32 Å². The van der Waals surface area contributed by atoms with E-state index in [1.54, 1.807) is 0 Å². The second-order valence-corrected chi connectivity index (χ2v) is 4.44. The molecule has 0 aliphatic carbocycles. The summed E-state index contributed by atoms with van der Waals surface area (Å²) >= 11 is 0. The summed E-state index contributed by atoms with van der Waals surface area (Å²) in [6, 6.07) is 9.22. The van der Waals surface area contributed by atoms with Gasteiger partial charge in [0, 0.05) is 6.04 Å². The minimum Gasteiger partial charge on any atom is -0.373 e. The maximum absolute atomic E-state index is 5.90. The van der Waals surface area contributed by atoms with E-state index in [2.05, 4.69) is 36.5 Å². The Hall–Kier alpha value is -0.860. The molecule has 1 N–H and O–H groups in total. The van der Waals surface area contributed by atoms with Crippen molar-refractivity contribution in [2.24, 2.45) is 0 Å². The van der Waals surface area contributed by atoms with E-state index in [9.17, 15) is 0 Å². The first-order valence-corrected chi connectivity index (χ1v) is 6.21. The second kappa shape index (κ2) is 5.46. The van der Waals surface area contributed by atoms with Crippen molar-refractivity contribution in [3.8, 4) is 0 Å². The molecule has 0 fully saturated rings. The Bertz CT molecular complexity index is 333. The first-order valence-electron chi connectivity index (χ1n) is 6.21. The fraction of sp³-hybridized carbons (Fsp3) is 0.571. The SMILES string of the molecule is CCC(CC1OCCc2ccccc21)NC. The fourth-order valence-corrected chi connectivity index (χ4v) is 2.42. The summed E-state index contributed by atoms with van der Waals surface area (Å²) in [7, 11) is 2.03. The average molecular weight is 219 g/mol. The number of benzene rings is 1. The zero-order valence-corrected chi connectivity index (χ0v) is 10.2. The van der Waals surface area contributed by atoms with Crippen LogP contribution in [0.25, 0.3) is 0 Å². The average Bonchev–Trinajstić information content (AvgIpc) is 2.36. The van der Waals surface area contributed by atoms with Gasteiger partial charge in [-0.1, -0.05) is 31.2 Å². The Balaban J connectivity index is 2.12. The lowest BCUT2D eigenvalue weighted by Gasteiger charge is -2.28. The van der Waals surface area contributed by atoms with Crippen molar-refractivity contribution >= 4 is 0 Å². The van der Waals surface area contributed by atoms with Gasteiger partial charge in [0.2, 0.25) is 0 Å². The van der Waals surface area contributed by atoms with Crippen LogP contribution in [0.15, 0.2) is 24.3 Å². The van der Waals surface area contributed by atoms with Crippen LogP contribution in [0.2, 0.25) is 0 Å². The van der Waals surface area contributed by atoms with Crippen LogP contribution in [0.3, 0.4) is 0 Å². The van der Waals surface area contributed by atoms with Gasteiger partial charge in [-0.3, -0.25) is 0 Å². The number of nitrogens with one attached hydrogen (secondary N) is 1. The van der Waals surface area contributed by atoms with Crippen LogP contribution in [0, 0.1) is 0 Å². The third kappa shape index (κ3) is 2.45. The van der Waals surface area contributed by atoms with Crippen LogP contribution in [-0.4, -0.2) is 19.7 Å². The summed E-state index contributed by atoms with van der Waals surface area (Å²) in [5.74, 6) is 0. The van der Waals surface area contributed by atoms with Gasteiger partial charge in [-0.15, -0.1) is 0 Å². The Morgan fingerprint density at radius 1 is 1.44 bits per heavy atom. The molecule has 0 saturated carbocycles. The van der Waals surface area contributed by atoms with Gasteiger partial charge in [-0.2, -0.15) is 0 Å². The fourth-order valence-electron chi connectivity index (χ4n) is 2.42. The molecule has 1 aromatic rings. The zero-order valence-electron chi connectivity index (χ0n) is 10.2. The highest BCUT2D eigenvalue weighted by Crippen LogP contribution is 2.30. The molecule has 0 spiro atoms. The lowest BCUT2D eigenvalue weighted by Crippen LogP contribution is -2.29. The van der Waals surface area contributed by atoms with E-state index < -0.39 is 0 Å². The van der Waals surface area contributed by atoms with E-state index in [1.807, 2.05) is 7.05 Å². The summed E-state index contributed by atoms with van der Waals surface area (Å²) in [5, 5.41) is 3.35. The quantitative estimate of drug-likeness (QED) is 0.840. The predicted molar refractivity (Wildman–Crippen MR) is 66.6 cm³/mol. The predicted octanol–water partition coefficient (Wildman–Crippen LogP) is 2.69. The van der Waals surface area contributed by atoms with E-state index in [1.165, 1.54) is 11.1 Å². The number of hydrogen-bond donors (Lipinski definition) is 1. The molecule has 2 nitrogen and oxygen atoms in total. The highest BCUT2D eigenvalue weighted by atomic mass is 16.5. The topological polar surface area (TPSA) is 21.3 Å². The van der Waals surface area contributed by atoms with Gasteiger partial charge >= 0.3 is 0 Å². The van der Waals surface area contributed by atoms with Gasteiger partial charge in [-0.25, -0.2) is 0 Å². The van der Waals surface area contributed by atoms with E-state index >= 15 is 0 Å². The Morgan fingerprint density at radius 2 is 2.25 bits per heavy atom. The standard InChI is InChI=1S/C14H21NO/c1-3-12(15-2)10-14-13-7-5-4-6-11(13)8-9-16-14/h4-7,12,14-15H,3,8-10H2,1-2H3. The molecule has 2 rings (SSSR count). The van der Waals surface area contributed by atoms with Crippen molar-refractivity contribution in [2.75, 3.05) is 13.7 Å². The van der Waals surface area contributed by atoms with Crippen LogP contribution in [0.1, 0.15) is 37.0 Å². The molecule has 0 amide bonds. The van der Waals surface area contributed by atoms with Gasteiger partial charge in [0.25, 0.3) is 0 Å². The summed E-state index contributed by atoms with van der Waals surface area (Å²) in [5.41, 5.74) is 2.85. The lowest BCUT2D eigenvalue weighted by atomic mass is 9.93. The minimum atomic E-state index is 0.280. The van der Waals surface area contributed by atoms with Gasteiger partial charge in [-0.05, 0) is 37.4 Å². The molecule has 16 heavy (non-hydrogen) atoms. The molecule has 1 heterocycles. The molecular formula is C14H21NO. The number of fused-ring (bicyclic) bond motifs is 1. The zero-order chi connectivity index (χ0) is 11.4. The van der Waals surface area contributed by atoms with Crippen LogP contribution in [0.5, 0.6) is 0 Å². The smallest absolute Gasteiger partial charge is 0.0842 e. The molecule has 2 unspecified atom stereocenters. The Labute approximate surface area is 98.0 Å². The summed E-state index contributed by atoms with van der Waals surface area (Å²) in [6.45, 7) is 3.08. The highest BCUT2D eigenvalue weighted by molar-refractivity contribution is 5.30. The molecule has 1 aromatic carbocycles. The molecule has 0 saturated heterocycles. The molecule has 1 aliphatic rings. The molecule has 1 aliphatic heterocycles. The largest absolute Gasteiger partial charge is 0.373 e. The van der Waals surface area contributed by atoms with Crippen molar-refractivity contribution < 1.29 is 4.74 Å². The van der Waals surface area contributed by atoms with Crippen molar-refractivity contribution in [1.82, 2.24) is 5.32 Å². The van der Waals surface area contributed by atoms with Crippen molar-refractivity contribution in [2.45, 2.75) is 38.3 Å². The third-order valence-electron chi connectivity index (χ3n) is 3.49. The van der Waals surface area contributed by atoms with E-state index in [-0.39, 0.29) is 6.10 Å². The first kappa shape index (κ1) is 11.6. The molecule has 0 aromatic heterocycles. The highest BCUT2D eigenvalue weighted by Gasteiger charge is 2.22. The van der Waals surface area contributed by atoms with Crippen molar-refractivity contribution in [3.05, 3.63) is 35.4 Å². The molecular weight excluding hydrogens is 198 g/mol. The first-order chi connectivity index (χ1) is 7.85. The third-order valence-corrected chi connectivity index (χ3v) is 3.49. The summed E-state index contributed by atoms with van der Waals surface area (Å²) < 4.78 is 5.90. The molecule has 0 bridgehead atoms. The number of rotatable bonds is 4. The van der Waals surface area contributed by atoms with Gasteiger partial charge in [0.05, 0.1) is 12.7 Å². The van der Waals surface area contributed by atoms with E-state index in [0.717, 1.165) is 25.9 Å². The summed E-state index contributed by atoms with van der Waals surface area (Å²) in [6.07, 6.45) is 3.56. The molecule has 88 valence electrons. The van der Waals surface area contributed by atoms with E-state index in [4.69, 9.17) is 4.74 Å². The van der Waals surface area contributed by atoms with Crippen LogP contribution in [0.4, 0.5) is 0 Å². The minimum absolute atomic E-state index is 0.280. The molecule has 0 radical (unpaired) electrons. The normalized spacial score (nSPS) is 21.5. The van der Waals surface area contributed by atoms with Crippen LogP contribution in [-0.2, 0) is 11.2 Å². The Morgan fingerprint density at radius 3 is 3.00 bits per heavy atom. The summed E-state index contributed by atoms with van der Waals surface area (Å²) in [4.78, 5) is 0. The maximum atomic E-state index is 5.90. The van der Waals surface area contributed by atoms with Gasteiger partial charge < -0.3 is 10.1 Å².